The van der Waals surface area contributed by atoms with Crippen LogP contribution in [0.4, 0.5) is 14.6 Å². The highest BCUT2D eigenvalue weighted by Crippen LogP contribution is 2.27. The van der Waals surface area contributed by atoms with Crippen molar-refractivity contribution in [3.63, 3.8) is 0 Å². The third kappa shape index (κ3) is 2.68. The lowest BCUT2D eigenvalue weighted by molar-refractivity contribution is -0.0615. The predicted molar refractivity (Wildman–Crippen MR) is 77.0 cm³/mol. The molecule has 0 radical (unpaired) electrons. The van der Waals surface area contributed by atoms with Gasteiger partial charge in [-0.25, -0.2) is 18.7 Å². The molecule has 1 atom stereocenters. The highest BCUT2D eigenvalue weighted by Gasteiger charge is 2.29. The summed E-state index contributed by atoms with van der Waals surface area (Å²) in [6.07, 6.45) is -2.06. The van der Waals surface area contributed by atoms with Crippen LogP contribution in [0.5, 0.6) is 0 Å². The topological polar surface area (TPSA) is 38.2 Å². The standard InChI is InChI=1S/C15H17F2N3O/c1-9-5-11-12(6-10(9)2)18-8-19-15(11)20-3-4-21-13(7-20)14(16)17/h5-6,8,13-14H,3-4,7H2,1-2H3. The number of benzene rings is 1. The van der Waals surface area contributed by atoms with Crippen LogP contribution in [0.25, 0.3) is 10.9 Å². The summed E-state index contributed by atoms with van der Waals surface area (Å²) in [5, 5.41) is 0.899. The average Bonchev–Trinajstić information content (AvgIpc) is 2.48. The van der Waals surface area contributed by atoms with E-state index in [0.717, 1.165) is 22.0 Å². The summed E-state index contributed by atoms with van der Waals surface area (Å²) >= 11 is 0. The van der Waals surface area contributed by atoms with Crippen molar-refractivity contribution in [2.75, 3.05) is 24.6 Å². The van der Waals surface area contributed by atoms with E-state index < -0.39 is 12.5 Å². The van der Waals surface area contributed by atoms with Gasteiger partial charge in [-0.1, -0.05) is 0 Å². The number of hydrogen-bond acceptors (Lipinski definition) is 4. The molecule has 0 aliphatic carbocycles. The summed E-state index contributed by atoms with van der Waals surface area (Å²) in [5.74, 6) is 0.706. The van der Waals surface area contributed by atoms with Gasteiger partial charge in [-0.15, -0.1) is 0 Å². The van der Waals surface area contributed by atoms with Gasteiger partial charge in [-0.3, -0.25) is 0 Å². The van der Waals surface area contributed by atoms with Crippen molar-refractivity contribution >= 4 is 16.7 Å². The van der Waals surface area contributed by atoms with Crippen LogP contribution >= 0.6 is 0 Å². The van der Waals surface area contributed by atoms with Crippen molar-refractivity contribution in [2.45, 2.75) is 26.4 Å². The molecule has 1 unspecified atom stereocenters. The van der Waals surface area contributed by atoms with Crippen molar-refractivity contribution in [3.05, 3.63) is 29.6 Å². The molecule has 2 aromatic rings. The molecule has 1 saturated heterocycles. The number of fused-ring (bicyclic) bond motifs is 1. The van der Waals surface area contributed by atoms with E-state index in [9.17, 15) is 8.78 Å². The van der Waals surface area contributed by atoms with E-state index >= 15 is 0 Å². The van der Waals surface area contributed by atoms with Gasteiger partial charge in [-0.05, 0) is 37.1 Å². The Bertz CT molecular complexity index is 663. The molecule has 1 aliphatic rings. The molecule has 0 amide bonds. The molecule has 4 nitrogen and oxygen atoms in total. The number of nitrogens with zero attached hydrogens (tertiary/aromatic N) is 3. The molecule has 1 aromatic heterocycles. The van der Waals surface area contributed by atoms with Crippen LogP contribution < -0.4 is 4.90 Å². The summed E-state index contributed by atoms with van der Waals surface area (Å²) in [6.45, 7) is 5.04. The Morgan fingerprint density at radius 1 is 1.24 bits per heavy atom. The molecule has 0 spiro atoms. The van der Waals surface area contributed by atoms with E-state index in [1.54, 1.807) is 0 Å². The number of anilines is 1. The minimum atomic E-state index is -2.48. The van der Waals surface area contributed by atoms with Gasteiger partial charge in [0.05, 0.1) is 18.7 Å². The van der Waals surface area contributed by atoms with Crippen LogP contribution in [0.1, 0.15) is 11.1 Å². The Hall–Kier alpha value is -1.82. The minimum Gasteiger partial charge on any atom is -0.369 e. The van der Waals surface area contributed by atoms with Crippen molar-refractivity contribution in [1.29, 1.82) is 0 Å². The molecule has 1 aliphatic heterocycles. The Morgan fingerprint density at radius 2 is 2.00 bits per heavy atom. The molecule has 6 heteroatoms. The molecule has 0 saturated carbocycles. The van der Waals surface area contributed by atoms with Crippen LogP contribution in [0, 0.1) is 13.8 Å². The normalized spacial score (nSPS) is 19.5. The van der Waals surface area contributed by atoms with Gasteiger partial charge in [0.15, 0.2) is 0 Å². The van der Waals surface area contributed by atoms with Crippen LogP contribution in [0.2, 0.25) is 0 Å². The van der Waals surface area contributed by atoms with E-state index in [0.29, 0.717) is 12.4 Å². The molecule has 21 heavy (non-hydrogen) atoms. The number of hydrogen-bond donors (Lipinski definition) is 0. The number of aryl methyl sites for hydroxylation is 2. The maximum Gasteiger partial charge on any atom is 0.266 e. The summed E-state index contributed by atoms with van der Waals surface area (Å²) in [4.78, 5) is 10.4. The first-order valence-corrected chi connectivity index (χ1v) is 6.93. The SMILES string of the molecule is Cc1cc2ncnc(N3CCOC(C(F)F)C3)c2cc1C. The van der Waals surface area contributed by atoms with Gasteiger partial charge >= 0.3 is 0 Å². The summed E-state index contributed by atoms with van der Waals surface area (Å²) in [6, 6.07) is 4.02. The van der Waals surface area contributed by atoms with E-state index in [-0.39, 0.29) is 13.2 Å². The predicted octanol–water partition coefficient (Wildman–Crippen LogP) is 2.72. The summed E-state index contributed by atoms with van der Waals surface area (Å²) in [7, 11) is 0. The lowest BCUT2D eigenvalue weighted by Crippen LogP contribution is -2.46. The number of rotatable bonds is 2. The van der Waals surface area contributed by atoms with Gasteiger partial charge in [0.1, 0.15) is 18.2 Å². The van der Waals surface area contributed by atoms with Crippen LogP contribution in [0.3, 0.4) is 0 Å². The molecular formula is C15H17F2N3O. The van der Waals surface area contributed by atoms with Crippen LogP contribution in [-0.2, 0) is 4.74 Å². The van der Waals surface area contributed by atoms with E-state index in [1.807, 2.05) is 30.9 Å². The number of morpholine rings is 1. The van der Waals surface area contributed by atoms with Gasteiger partial charge in [0.25, 0.3) is 6.43 Å². The van der Waals surface area contributed by atoms with E-state index in [1.165, 1.54) is 6.33 Å². The summed E-state index contributed by atoms with van der Waals surface area (Å²) in [5.41, 5.74) is 3.12. The first kappa shape index (κ1) is 14.1. The van der Waals surface area contributed by atoms with Gasteiger partial charge in [-0.2, -0.15) is 0 Å². The summed E-state index contributed by atoms with van der Waals surface area (Å²) < 4.78 is 30.8. The van der Waals surface area contributed by atoms with Gasteiger partial charge in [0, 0.05) is 11.9 Å². The van der Waals surface area contributed by atoms with Crippen molar-refractivity contribution < 1.29 is 13.5 Å². The Kier molecular flexibility index (Phi) is 3.71. The fourth-order valence-electron chi connectivity index (χ4n) is 2.57. The average molecular weight is 293 g/mol. The van der Waals surface area contributed by atoms with E-state index in [4.69, 9.17) is 4.74 Å². The number of alkyl halides is 2. The maximum atomic E-state index is 12.9. The Morgan fingerprint density at radius 3 is 2.76 bits per heavy atom. The minimum absolute atomic E-state index is 0.150. The molecule has 3 rings (SSSR count). The van der Waals surface area contributed by atoms with Crippen LogP contribution in [0.15, 0.2) is 18.5 Å². The van der Waals surface area contributed by atoms with Crippen molar-refractivity contribution in [2.24, 2.45) is 0 Å². The van der Waals surface area contributed by atoms with Gasteiger partial charge < -0.3 is 9.64 Å². The zero-order valence-corrected chi connectivity index (χ0v) is 12.0. The molecule has 1 aromatic carbocycles. The zero-order chi connectivity index (χ0) is 15.0. The lowest BCUT2D eigenvalue weighted by Gasteiger charge is -2.33. The number of aromatic nitrogens is 2. The van der Waals surface area contributed by atoms with E-state index in [2.05, 4.69) is 9.97 Å². The lowest BCUT2D eigenvalue weighted by atomic mass is 10.1. The first-order chi connectivity index (χ1) is 10.1. The second-order valence-electron chi connectivity index (χ2n) is 5.34. The largest absolute Gasteiger partial charge is 0.369 e. The highest BCUT2D eigenvalue weighted by molar-refractivity contribution is 5.90. The van der Waals surface area contributed by atoms with Crippen LogP contribution in [-0.4, -0.2) is 42.2 Å². The number of halogens is 2. The van der Waals surface area contributed by atoms with Crippen molar-refractivity contribution in [1.82, 2.24) is 9.97 Å². The zero-order valence-electron chi connectivity index (χ0n) is 12.0. The third-order valence-corrected chi connectivity index (χ3v) is 3.90. The van der Waals surface area contributed by atoms with Crippen molar-refractivity contribution in [3.8, 4) is 0 Å². The smallest absolute Gasteiger partial charge is 0.266 e. The second kappa shape index (κ2) is 5.52. The molecular weight excluding hydrogens is 276 g/mol. The third-order valence-electron chi connectivity index (χ3n) is 3.90. The molecule has 1 fully saturated rings. The maximum absolute atomic E-state index is 12.9. The highest BCUT2D eigenvalue weighted by atomic mass is 19.3. The van der Waals surface area contributed by atoms with Gasteiger partial charge in [0.2, 0.25) is 0 Å². The monoisotopic (exact) mass is 293 g/mol. The first-order valence-electron chi connectivity index (χ1n) is 6.93. The second-order valence-corrected chi connectivity index (χ2v) is 5.34. The molecule has 0 N–H and O–H groups in total. The number of ether oxygens (including phenoxy) is 1. The Labute approximate surface area is 121 Å². The molecule has 2 heterocycles. The molecule has 0 bridgehead atoms. The fraction of sp³-hybridized carbons (Fsp3) is 0.467. The molecule has 112 valence electrons. The Balaban J connectivity index is 2.02. The quantitative estimate of drug-likeness (QED) is 0.853. The fourth-order valence-corrected chi connectivity index (χ4v) is 2.57.